The number of hydrogen-bond donors (Lipinski definition) is 4. The number of anilines is 1. The van der Waals surface area contributed by atoms with E-state index in [9.17, 15) is 25.5 Å². The van der Waals surface area contributed by atoms with Crippen LogP contribution in [0.15, 0.2) is 59.6 Å². The number of nitriles is 2. The van der Waals surface area contributed by atoms with Gasteiger partial charge in [-0.25, -0.2) is 9.78 Å². The summed E-state index contributed by atoms with van der Waals surface area (Å²) in [6, 6.07) is 19.7. The second-order valence-electron chi connectivity index (χ2n) is 6.99. The largest absolute Gasteiger partial charge is 0.478 e. The smallest absolute Gasteiger partial charge is 0.335 e. The average molecular weight is 461 g/mol. The third kappa shape index (κ3) is 5.68. The summed E-state index contributed by atoms with van der Waals surface area (Å²) in [5, 5.41) is 51.1. The summed E-state index contributed by atoms with van der Waals surface area (Å²) in [4.78, 5) is 15.7. The van der Waals surface area contributed by atoms with E-state index in [-0.39, 0.29) is 29.1 Å². The molecule has 0 aliphatic heterocycles. The SMILES string of the molecule is N#Cc1c(NC[C@@H](O)CO)nc(SCc2cccc(C(=O)O)c2)c(C#N)c1-c1ccccc1. The molecular weight excluding hydrogens is 440 g/mol. The molecule has 1 atom stereocenters. The van der Waals surface area contributed by atoms with Crippen LogP contribution < -0.4 is 5.32 Å². The van der Waals surface area contributed by atoms with Crippen LogP contribution in [0.2, 0.25) is 0 Å². The van der Waals surface area contributed by atoms with Crippen molar-refractivity contribution in [2.45, 2.75) is 16.9 Å². The van der Waals surface area contributed by atoms with Crippen molar-refractivity contribution in [1.82, 2.24) is 4.98 Å². The molecule has 0 aliphatic carbocycles. The van der Waals surface area contributed by atoms with Crippen molar-refractivity contribution in [3.8, 4) is 23.3 Å². The fourth-order valence-corrected chi connectivity index (χ4v) is 4.06. The highest BCUT2D eigenvalue weighted by atomic mass is 32.2. The van der Waals surface area contributed by atoms with Crippen LogP contribution in [-0.2, 0) is 5.75 Å². The lowest BCUT2D eigenvalue weighted by atomic mass is 9.97. The van der Waals surface area contributed by atoms with Crippen LogP contribution in [0.5, 0.6) is 0 Å². The van der Waals surface area contributed by atoms with Gasteiger partial charge < -0.3 is 20.6 Å². The highest BCUT2D eigenvalue weighted by Gasteiger charge is 2.22. The van der Waals surface area contributed by atoms with Gasteiger partial charge in [-0.05, 0) is 23.3 Å². The number of nitrogens with one attached hydrogen (secondary N) is 1. The quantitative estimate of drug-likeness (QED) is 0.353. The predicted molar refractivity (Wildman–Crippen MR) is 124 cm³/mol. The number of carboxylic acids is 1. The van der Waals surface area contributed by atoms with Crippen molar-refractivity contribution >= 4 is 23.5 Å². The summed E-state index contributed by atoms with van der Waals surface area (Å²) in [6.07, 6.45) is -1.05. The van der Waals surface area contributed by atoms with Crippen molar-refractivity contribution in [2.75, 3.05) is 18.5 Å². The first-order chi connectivity index (χ1) is 16.0. The minimum atomic E-state index is -1.05. The lowest BCUT2D eigenvalue weighted by molar-refractivity contribution is 0.0696. The maximum Gasteiger partial charge on any atom is 0.335 e. The van der Waals surface area contributed by atoms with Crippen LogP contribution in [-0.4, -0.2) is 45.5 Å². The summed E-state index contributed by atoms with van der Waals surface area (Å²) >= 11 is 1.24. The Bertz CT molecular complexity index is 1240. The van der Waals surface area contributed by atoms with Crippen molar-refractivity contribution in [1.29, 1.82) is 10.5 Å². The molecule has 1 aromatic heterocycles. The maximum atomic E-state index is 11.3. The fourth-order valence-electron chi connectivity index (χ4n) is 3.13. The predicted octanol–water partition coefficient (Wildman–Crippen LogP) is 3.25. The zero-order valence-electron chi connectivity index (χ0n) is 17.4. The highest BCUT2D eigenvalue weighted by molar-refractivity contribution is 7.98. The minimum Gasteiger partial charge on any atom is -0.478 e. The number of aliphatic hydroxyl groups is 2. The number of rotatable bonds is 9. The number of nitrogens with zero attached hydrogens (tertiary/aromatic N) is 3. The molecule has 0 spiro atoms. The Labute approximate surface area is 194 Å². The Morgan fingerprint density at radius 2 is 1.82 bits per heavy atom. The molecule has 2 aromatic carbocycles. The Kier molecular flexibility index (Phi) is 8.01. The molecule has 9 heteroatoms. The number of carboxylic acid groups (broad SMARTS) is 1. The molecule has 8 nitrogen and oxygen atoms in total. The standard InChI is InChI=1S/C24H20N4O4S/c25-10-19-21(16-6-2-1-3-7-16)20(11-26)23(28-22(19)27-12-18(30)13-29)33-14-15-5-4-8-17(9-15)24(31)32/h1-9,18,29-30H,12-14H2,(H,27,28)(H,31,32)/t18-/m1/s1. The maximum absolute atomic E-state index is 11.3. The van der Waals surface area contributed by atoms with Gasteiger partial charge in [-0.1, -0.05) is 42.5 Å². The second kappa shape index (κ2) is 11.1. The first kappa shape index (κ1) is 23.8. The molecule has 166 valence electrons. The number of aromatic nitrogens is 1. The van der Waals surface area contributed by atoms with E-state index in [4.69, 9.17) is 5.11 Å². The Morgan fingerprint density at radius 1 is 1.09 bits per heavy atom. The lowest BCUT2D eigenvalue weighted by Crippen LogP contribution is -2.24. The Balaban J connectivity index is 2.08. The van der Waals surface area contributed by atoms with Crippen molar-refractivity contribution in [2.24, 2.45) is 0 Å². The molecular formula is C24H20N4O4S. The molecule has 33 heavy (non-hydrogen) atoms. The van der Waals surface area contributed by atoms with E-state index in [1.54, 1.807) is 42.5 Å². The van der Waals surface area contributed by atoms with Crippen molar-refractivity contribution < 1.29 is 20.1 Å². The monoisotopic (exact) mass is 460 g/mol. The van der Waals surface area contributed by atoms with E-state index in [2.05, 4.69) is 22.4 Å². The first-order valence-electron chi connectivity index (χ1n) is 9.90. The van der Waals surface area contributed by atoms with E-state index in [0.717, 1.165) is 5.56 Å². The van der Waals surface area contributed by atoms with Gasteiger partial charge in [0.2, 0.25) is 0 Å². The zero-order chi connectivity index (χ0) is 23.8. The molecule has 0 radical (unpaired) electrons. The van der Waals surface area contributed by atoms with Crippen LogP contribution in [0.1, 0.15) is 27.0 Å². The molecule has 0 unspecified atom stereocenters. The van der Waals surface area contributed by atoms with Gasteiger partial charge in [0.15, 0.2) is 0 Å². The van der Waals surface area contributed by atoms with Crippen LogP contribution >= 0.6 is 11.8 Å². The number of thioether (sulfide) groups is 1. The number of aromatic carboxylic acids is 1. The number of benzene rings is 2. The normalized spacial score (nSPS) is 11.3. The molecule has 0 fully saturated rings. The van der Waals surface area contributed by atoms with Gasteiger partial charge in [0.1, 0.15) is 28.5 Å². The van der Waals surface area contributed by atoms with Gasteiger partial charge in [-0.15, -0.1) is 11.8 Å². The van der Waals surface area contributed by atoms with Gasteiger partial charge in [-0.2, -0.15) is 10.5 Å². The van der Waals surface area contributed by atoms with Gasteiger partial charge in [0, 0.05) is 17.9 Å². The number of carbonyl (C=O) groups is 1. The molecule has 0 saturated heterocycles. The number of pyridine rings is 1. The van der Waals surface area contributed by atoms with Crippen molar-refractivity contribution in [3.63, 3.8) is 0 Å². The lowest BCUT2D eigenvalue weighted by Gasteiger charge is -2.17. The molecule has 0 aliphatic rings. The minimum absolute atomic E-state index is 0.0386. The molecule has 4 N–H and O–H groups in total. The van der Waals surface area contributed by atoms with Crippen LogP contribution in [0.4, 0.5) is 5.82 Å². The molecule has 0 amide bonds. The van der Waals surface area contributed by atoms with E-state index >= 15 is 0 Å². The van der Waals surface area contributed by atoms with E-state index in [1.165, 1.54) is 17.8 Å². The highest BCUT2D eigenvalue weighted by Crippen LogP contribution is 2.37. The Morgan fingerprint density at radius 3 is 2.45 bits per heavy atom. The van der Waals surface area contributed by atoms with Crippen LogP contribution in [0.25, 0.3) is 11.1 Å². The van der Waals surface area contributed by atoms with Gasteiger partial charge in [0.05, 0.1) is 23.8 Å². The molecule has 1 heterocycles. The average Bonchev–Trinajstić information content (AvgIpc) is 2.85. The number of aliphatic hydroxyl groups excluding tert-OH is 2. The summed E-state index contributed by atoms with van der Waals surface area (Å²) in [6.45, 7) is -0.499. The Hall–Kier alpha value is -3.89. The van der Waals surface area contributed by atoms with Gasteiger partial charge in [0.25, 0.3) is 0 Å². The molecule has 3 aromatic rings. The topological polar surface area (TPSA) is 150 Å². The summed E-state index contributed by atoms with van der Waals surface area (Å²) in [5.41, 5.74) is 2.35. The van der Waals surface area contributed by atoms with E-state index in [0.29, 0.717) is 21.9 Å². The fraction of sp³-hybridized carbons (Fsp3) is 0.167. The van der Waals surface area contributed by atoms with E-state index in [1.807, 2.05) is 6.07 Å². The second-order valence-corrected chi connectivity index (χ2v) is 7.96. The van der Waals surface area contributed by atoms with E-state index < -0.39 is 18.7 Å². The zero-order valence-corrected chi connectivity index (χ0v) is 18.2. The molecule has 3 rings (SSSR count). The van der Waals surface area contributed by atoms with Crippen molar-refractivity contribution in [3.05, 3.63) is 76.9 Å². The third-order valence-electron chi connectivity index (χ3n) is 4.72. The van der Waals surface area contributed by atoms with Crippen LogP contribution in [0.3, 0.4) is 0 Å². The molecule has 0 bridgehead atoms. The number of hydrogen-bond acceptors (Lipinski definition) is 8. The molecule has 0 saturated carbocycles. The van der Waals surface area contributed by atoms with Crippen LogP contribution in [0, 0.1) is 22.7 Å². The summed E-state index contributed by atoms with van der Waals surface area (Å²) in [7, 11) is 0. The van der Waals surface area contributed by atoms with Gasteiger partial charge in [-0.3, -0.25) is 0 Å². The summed E-state index contributed by atoms with van der Waals surface area (Å²) in [5.74, 6) is -0.497. The summed E-state index contributed by atoms with van der Waals surface area (Å²) < 4.78 is 0. The third-order valence-corrected chi connectivity index (χ3v) is 5.76. The first-order valence-corrected chi connectivity index (χ1v) is 10.9. The van der Waals surface area contributed by atoms with Gasteiger partial charge >= 0.3 is 5.97 Å².